The number of ether oxygens (including phenoxy) is 1. The molecule has 116 valence electrons. The van der Waals surface area contributed by atoms with Crippen molar-refractivity contribution >= 4 is 17.5 Å². The van der Waals surface area contributed by atoms with Crippen LogP contribution in [-0.2, 0) is 11.2 Å². The lowest BCUT2D eigenvalue weighted by molar-refractivity contribution is 0.120. The van der Waals surface area contributed by atoms with E-state index in [0.29, 0.717) is 11.8 Å². The van der Waals surface area contributed by atoms with Crippen LogP contribution in [0.1, 0.15) is 25.3 Å². The van der Waals surface area contributed by atoms with Gasteiger partial charge in [0, 0.05) is 18.8 Å². The lowest BCUT2D eigenvalue weighted by Gasteiger charge is -2.11. The molecule has 22 heavy (non-hydrogen) atoms. The van der Waals surface area contributed by atoms with Gasteiger partial charge in [0.05, 0.1) is 12.3 Å². The molecule has 0 spiro atoms. The first-order valence-electron chi connectivity index (χ1n) is 7.74. The van der Waals surface area contributed by atoms with Crippen LogP contribution in [0.25, 0.3) is 0 Å². The van der Waals surface area contributed by atoms with E-state index in [1.807, 2.05) is 12.1 Å². The Morgan fingerprint density at radius 2 is 2.14 bits per heavy atom. The molecule has 2 N–H and O–H groups in total. The molecule has 0 saturated carbocycles. The summed E-state index contributed by atoms with van der Waals surface area (Å²) in [5.41, 5.74) is 2.26. The molecule has 1 aliphatic heterocycles. The van der Waals surface area contributed by atoms with Gasteiger partial charge in [0.25, 0.3) is 0 Å². The summed E-state index contributed by atoms with van der Waals surface area (Å²) in [6.07, 6.45) is 5.16. The average molecular weight is 299 g/mol. The molecule has 6 nitrogen and oxygen atoms in total. The van der Waals surface area contributed by atoms with Crippen molar-refractivity contribution < 1.29 is 4.74 Å². The van der Waals surface area contributed by atoms with E-state index in [1.54, 1.807) is 6.20 Å². The van der Waals surface area contributed by atoms with Gasteiger partial charge in [0.15, 0.2) is 5.82 Å². The molecular weight excluding hydrogens is 278 g/mol. The molecule has 0 bridgehead atoms. The van der Waals surface area contributed by atoms with Crippen molar-refractivity contribution in [2.75, 3.05) is 23.8 Å². The maximum Gasteiger partial charge on any atom is 0.249 e. The molecule has 0 radical (unpaired) electrons. The van der Waals surface area contributed by atoms with Crippen molar-refractivity contribution in [1.82, 2.24) is 15.2 Å². The van der Waals surface area contributed by atoms with E-state index in [9.17, 15) is 0 Å². The summed E-state index contributed by atoms with van der Waals surface area (Å²) in [5.74, 6) is 1.19. The molecule has 0 aliphatic carbocycles. The first-order chi connectivity index (χ1) is 10.8. The molecule has 1 unspecified atom stereocenters. The second-order valence-corrected chi connectivity index (χ2v) is 5.36. The Balaban J connectivity index is 1.59. The minimum Gasteiger partial charge on any atom is -0.376 e. The number of benzene rings is 1. The zero-order valence-electron chi connectivity index (χ0n) is 12.7. The minimum absolute atomic E-state index is 0.271. The fourth-order valence-corrected chi connectivity index (χ4v) is 2.42. The van der Waals surface area contributed by atoms with Gasteiger partial charge in [0.1, 0.15) is 0 Å². The Hall–Kier alpha value is -2.21. The highest BCUT2D eigenvalue weighted by Gasteiger charge is 2.15. The molecule has 1 saturated heterocycles. The van der Waals surface area contributed by atoms with Crippen molar-refractivity contribution in [3.8, 4) is 0 Å². The largest absolute Gasteiger partial charge is 0.376 e. The summed E-state index contributed by atoms with van der Waals surface area (Å²) >= 11 is 0. The van der Waals surface area contributed by atoms with Gasteiger partial charge in [-0.2, -0.15) is 10.1 Å². The molecule has 2 heterocycles. The van der Waals surface area contributed by atoms with Crippen molar-refractivity contribution in [2.24, 2.45) is 0 Å². The lowest BCUT2D eigenvalue weighted by atomic mass is 10.1. The van der Waals surface area contributed by atoms with E-state index in [1.165, 1.54) is 5.56 Å². The topological polar surface area (TPSA) is 72.0 Å². The molecule has 1 fully saturated rings. The number of rotatable bonds is 6. The number of hydrogen-bond donors (Lipinski definition) is 2. The summed E-state index contributed by atoms with van der Waals surface area (Å²) in [5, 5.41) is 14.4. The van der Waals surface area contributed by atoms with Crippen LogP contribution in [-0.4, -0.2) is 34.4 Å². The molecule has 1 aliphatic rings. The van der Waals surface area contributed by atoms with Gasteiger partial charge < -0.3 is 15.4 Å². The second-order valence-electron chi connectivity index (χ2n) is 5.36. The van der Waals surface area contributed by atoms with E-state index in [2.05, 4.69) is 44.9 Å². The standard InChI is InChI=1S/C16H21N5O/c1-2-12-5-7-13(8-6-12)19-16-20-15(11-18-21-16)17-10-14-4-3-9-22-14/h5-8,11,14H,2-4,9-10H2,1H3,(H2,17,19,20,21). The number of anilines is 3. The number of nitrogens with one attached hydrogen (secondary N) is 2. The number of hydrogen-bond acceptors (Lipinski definition) is 6. The third-order valence-corrected chi connectivity index (χ3v) is 3.71. The van der Waals surface area contributed by atoms with E-state index < -0.39 is 0 Å². The Morgan fingerprint density at radius 1 is 1.27 bits per heavy atom. The summed E-state index contributed by atoms with van der Waals surface area (Å²) in [7, 11) is 0. The Kier molecular flexibility index (Phi) is 4.80. The number of aryl methyl sites for hydroxylation is 1. The fourth-order valence-electron chi connectivity index (χ4n) is 2.42. The van der Waals surface area contributed by atoms with Crippen LogP contribution in [0.5, 0.6) is 0 Å². The van der Waals surface area contributed by atoms with Crippen LogP contribution < -0.4 is 10.6 Å². The quantitative estimate of drug-likeness (QED) is 0.854. The normalized spacial score (nSPS) is 17.4. The predicted octanol–water partition coefficient (Wildman–Crippen LogP) is 2.77. The van der Waals surface area contributed by atoms with E-state index in [0.717, 1.165) is 38.1 Å². The highest BCUT2D eigenvalue weighted by molar-refractivity contribution is 5.54. The van der Waals surface area contributed by atoms with Gasteiger partial charge >= 0.3 is 0 Å². The SMILES string of the molecule is CCc1ccc(Nc2nncc(NCC3CCCO3)n2)cc1. The maximum atomic E-state index is 5.58. The second kappa shape index (κ2) is 7.17. The van der Waals surface area contributed by atoms with Crippen molar-refractivity contribution in [2.45, 2.75) is 32.3 Å². The van der Waals surface area contributed by atoms with Gasteiger partial charge in [-0.25, -0.2) is 0 Å². The van der Waals surface area contributed by atoms with Gasteiger partial charge in [-0.3, -0.25) is 0 Å². The number of nitrogens with zero attached hydrogens (tertiary/aromatic N) is 3. The predicted molar refractivity (Wildman–Crippen MR) is 86.4 cm³/mol. The van der Waals surface area contributed by atoms with Crippen molar-refractivity contribution in [3.63, 3.8) is 0 Å². The van der Waals surface area contributed by atoms with Gasteiger partial charge in [-0.15, -0.1) is 5.10 Å². The zero-order valence-corrected chi connectivity index (χ0v) is 12.7. The molecule has 1 atom stereocenters. The maximum absolute atomic E-state index is 5.58. The van der Waals surface area contributed by atoms with Crippen LogP contribution in [0.15, 0.2) is 30.5 Å². The van der Waals surface area contributed by atoms with Crippen molar-refractivity contribution in [3.05, 3.63) is 36.0 Å². The molecule has 1 aromatic heterocycles. The Labute approximate surface area is 130 Å². The van der Waals surface area contributed by atoms with Crippen molar-refractivity contribution in [1.29, 1.82) is 0 Å². The smallest absolute Gasteiger partial charge is 0.249 e. The molecule has 6 heteroatoms. The van der Waals surface area contributed by atoms with Gasteiger partial charge in [0.2, 0.25) is 5.95 Å². The van der Waals surface area contributed by atoms with Crippen LogP contribution >= 0.6 is 0 Å². The van der Waals surface area contributed by atoms with Gasteiger partial charge in [-0.05, 0) is 37.0 Å². The molecule has 0 amide bonds. The van der Waals surface area contributed by atoms with Crippen LogP contribution in [0.3, 0.4) is 0 Å². The summed E-state index contributed by atoms with van der Waals surface area (Å²) in [4.78, 5) is 4.42. The fraction of sp³-hybridized carbons (Fsp3) is 0.438. The van der Waals surface area contributed by atoms with Crippen LogP contribution in [0.4, 0.5) is 17.5 Å². The third kappa shape index (κ3) is 3.92. The van der Waals surface area contributed by atoms with E-state index in [4.69, 9.17) is 4.74 Å². The zero-order chi connectivity index (χ0) is 15.2. The lowest BCUT2D eigenvalue weighted by Crippen LogP contribution is -2.19. The number of aromatic nitrogens is 3. The minimum atomic E-state index is 0.271. The first kappa shape index (κ1) is 14.7. The van der Waals surface area contributed by atoms with Crippen LogP contribution in [0, 0.1) is 0 Å². The molecule has 2 aromatic rings. The third-order valence-electron chi connectivity index (χ3n) is 3.71. The summed E-state index contributed by atoms with van der Waals surface area (Å²) < 4.78 is 5.58. The molecule has 1 aromatic carbocycles. The highest BCUT2D eigenvalue weighted by atomic mass is 16.5. The highest BCUT2D eigenvalue weighted by Crippen LogP contribution is 2.16. The van der Waals surface area contributed by atoms with Gasteiger partial charge in [-0.1, -0.05) is 19.1 Å². The van der Waals surface area contributed by atoms with Crippen LogP contribution in [0.2, 0.25) is 0 Å². The Morgan fingerprint density at radius 3 is 2.86 bits per heavy atom. The first-order valence-corrected chi connectivity index (χ1v) is 7.74. The average Bonchev–Trinajstić information content (AvgIpc) is 3.08. The summed E-state index contributed by atoms with van der Waals surface area (Å²) in [6.45, 7) is 3.75. The monoisotopic (exact) mass is 299 g/mol. The summed E-state index contributed by atoms with van der Waals surface area (Å²) in [6, 6.07) is 8.23. The molecular formula is C16H21N5O. The van der Waals surface area contributed by atoms with E-state index >= 15 is 0 Å². The Bertz CT molecular complexity index is 596. The molecule has 3 rings (SSSR count). The van der Waals surface area contributed by atoms with E-state index in [-0.39, 0.29) is 6.10 Å².